The molecule has 1 aromatic rings. The van der Waals surface area contributed by atoms with Crippen LogP contribution >= 0.6 is 0 Å². The summed E-state index contributed by atoms with van der Waals surface area (Å²) >= 11 is 0. The van der Waals surface area contributed by atoms with Crippen molar-refractivity contribution in [2.75, 3.05) is 13.6 Å². The van der Waals surface area contributed by atoms with Crippen molar-refractivity contribution in [2.24, 2.45) is 0 Å². The van der Waals surface area contributed by atoms with Gasteiger partial charge < -0.3 is 5.32 Å². The van der Waals surface area contributed by atoms with Gasteiger partial charge in [-0.2, -0.15) is 0 Å². The molecule has 1 aliphatic rings. The fourth-order valence-corrected chi connectivity index (χ4v) is 4.22. The highest BCUT2D eigenvalue weighted by molar-refractivity contribution is 5.81. The summed E-state index contributed by atoms with van der Waals surface area (Å²) in [6.07, 6.45) is 9.63. The number of carbonyl (C=O) groups is 1. The predicted octanol–water partition coefficient (Wildman–Crippen LogP) is 4.81. The Kier molecular flexibility index (Phi) is 8.37. The van der Waals surface area contributed by atoms with Crippen LogP contribution in [-0.4, -0.2) is 30.4 Å². The molecule has 0 aromatic heterocycles. The topological polar surface area (TPSA) is 32.3 Å². The fourth-order valence-electron chi connectivity index (χ4n) is 4.22. The van der Waals surface area contributed by atoms with E-state index in [0.29, 0.717) is 5.92 Å². The number of amides is 1. The van der Waals surface area contributed by atoms with Gasteiger partial charge in [-0.05, 0) is 54.7 Å². The van der Waals surface area contributed by atoms with Crippen LogP contribution in [0.15, 0.2) is 30.9 Å². The number of benzene rings is 1. The maximum atomic E-state index is 12.4. The van der Waals surface area contributed by atoms with Crippen LogP contribution in [-0.2, 0) is 17.8 Å². The fraction of sp³-hybridized carbons (Fsp3) is 0.609. The molecule has 1 heterocycles. The van der Waals surface area contributed by atoms with Crippen LogP contribution in [0.25, 0.3) is 0 Å². The summed E-state index contributed by atoms with van der Waals surface area (Å²) in [5, 5.41) is 2.84. The quantitative estimate of drug-likeness (QED) is 0.610. The van der Waals surface area contributed by atoms with Gasteiger partial charge in [0.1, 0.15) is 0 Å². The Hall–Kier alpha value is -1.61. The monoisotopic (exact) mass is 356 g/mol. The molecule has 144 valence electrons. The van der Waals surface area contributed by atoms with Crippen LogP contribution in [0.5, 0.6) is 0 Å². The highest BCUT2D eigenvalue weighted by Gasteiger charge is 2.28. The van der Waals surface area contributed by atoms with Gasteiger partial charge in [-0.25, -0.2) is 0 Å². The first kappa shape index (κ1) is 20.7. The van der Waals surface area contributed by atoms with Crippen molar-refractivity contribution in [3.63, 3.8) is 0 Å². The largest absolute Gasteiger partial charge is 0.358 e. The highest BCUT2D eigenvalue weighted by Crippen LogP contribution is 2.30. The molecule has 0 spiro atoms. The molecule has 1 atom stereocenters. The molecule has 0 fully saturated rings. The lowest BCUT2D eigenvalue weighted by molar-refractivity contribution is -0.126. The smallest absolute Gasteiger partial charge is 0.237 e. The van der Waals surface area contributed by atoms with Gasteiger partial charge in [-0.3, -0.25) is 9.69 Å². The second-order valence-electron chi connectivity index (χ2n) is 7.52. The Balaban J connectivity index is 2.19. The molecule has 3 heteroatoms. The van der Waals surface area contributed by atoms with Crippen LogP contribution in [0.4, 0.5) is 0 Å². The van der Waals surface area contributed by atoms with E-state index in [1.165, 1.54) is 42.4 Å². The third-order valence-corrected chi connectivity index (χ3v) is 5.65. The van der Waals surface area contributed by atoms with E-state index < -0.39 is 0 Å². The van der Waals surface area contributed by atoms with E-state index >= 15 is 0 Å². The molecule has 0 saturated carbocycles. The zero-order valence-corrected chi connectivity index (χ0v) is 16.9. The Morgan fingerprint density at radius 3 is 2.58 bits per heavy atom. The van der Waals surface area contributed by atoms with E-state index in [-0.39, 0.29) is 11.9 Å². The normalized spacial score (nSPS) is 15.5. The number of likely N-dealkylation sites (N-methyl/N-ethyl adjacent to an activating group) is 1. The van der Waals surface area contributed by atoms with E-state index in [1.807, 2.05) is 6.08 Å². The van der Waals surface area contributed by atoms with Crippen LogP contribution in [0.3, 0.4) is 0 Å². The molecule has 26 heavy (non-hydrogen) atoms. The first-order valence-electron chi connectivity index (χ1n) is 10.3. The summed E-state index contributed by atoms with van der Waals surface area (Å²) in [6.45, 7) is 10.2. The lowest BCUT2D eigenvalue weighted by atomic mass is 9.87. The molecule has 3 nitrogen and oxygen atoms in total. The number of allylic oxidation sites excluding steroid dienone is 1. The molecule has 1 unspecified atom stereocenters. The third-order valence-electron chi connectivity index (χ3n) is 5.65. The van der Waals surface area contributed by atoms with Crippen molar-refractivity contribution >= 4 is 5.91 Å². The van der Waals surface area contributed by atoms with E-state index in [0.717, 1.165) is 32.4 Å². The van der Waals surface area contributed by atoms with Gasteiger partial charge in [0.25, 0.3) is 0 Å². The molecule has 1 amide bonds. The van der Waals surface area contributed by atoms with Gasteiger partial charge in [0.2, 0.25) is 5.91 Å². The van der Waals surface area contributed by atoms with Crippen molar-refractivity contribution in [3.05, 3.63) is 47.5 Å². The van der Waals surface area contributed by atoms with Gasteiger partial charge in [0.05, 0.1) is 6.04 Å². The minimum atomic E-state index is -0.0584. The average molecular weight is 357 g/mol. The SMILES string of the molecule is C=CCCC(C(=O)NC)N1CCc2ccc(C(CCC)CCC)cc2C1. The molecule has 0 radical (unpaired) electrons. The molecule has 0 bridgehead atoms. The lowest BCUT2D eigenvalue weighted by Gasteiger charge is -2.35. The van der Waals surface area contributed by atoms with Crippen LogP contribution in [0.1, 0.15) is 75.0 Å². The number of hydrogen-bond acceptors (Lipinski definition) is 2. The zero-order chi connectivity index (χ0) is 18.9. The zero-order valence-electron chi connectivity index (χ0n) is 16.9. The average Bonchev–Trinajstić information content (AvgIpc) is 2.67. The van der Waals surface area contributed by atoms with Crippen LogP contribution < -0.4 is 5.32 Å². The van der Waals surface area contributed by atoms with Crippen molar-refractivity contribution in [2.45, 2.75) is 77.3 Å². The summed E-state index contributed by atoms with van der Waals surface area (Å²) in [5.74, 6) is 0.794. The van der Waals surface area contributed by atoms with E-state index in [1.54, 1.807) is 7.05 Å². The molecule has 1 N–H and O–H groups in total. The number of carbonyl (C=O) groups excluding carboxylic acids is 1. The summed E-state index contributed by atoms with van der Waals surface area (Å²) in [6, 6.07) is 7.04. The van der Waals surface area contributed by atoms with Gasteiger partial charge in [-0.1, -0.05) is 51.0 Å². The van der Waals surface area contributed by atoms with E-state index in [2.05, 4.69) is 48.8 Å². The lowest BCUT2D eigenvalue weighted by Crippen LogP contribution is -2.47. The Morgan fingerprint density at radius 1 is 1.23 bits per heavy atom. The summed E-state index contributed by atoms with van der Waals surface area (Å²) in [4.78, 5) is 14.7. The molecule has 1 aromatic carbocycles. The highest BCUT2D eigenvalue weighted by atomic mass is 16.2. The second-order valence-corrected chi connectivity index (χ2v) is 7.52. The standard InChI is InChI=1S/C23H36N2O/c1-5-8-11-22(23(26)24-4)25-15-14-19-12-13-20(16-21(19)17-25)18(9-6-2)10-7-3/h5,12-13,16,18,22H,1,6-11,14-15,17H2,2-4H3,(H,24,26). The molecule has 0 saturated heterocycles. The Morgan fingerprint density at radius 2 is 1.96 bits per heavy atom. The minimum absolute atomic E-state index is 0.0584. The summed E-state index contributed by atoms with van der Waals surface area (Å²) < 4.78 is 0. The van der Waals surface area contributed by atoms with Crippen molar-refractivity contribution < 1.29 is 4.79 Å². The molecular formula is C23H36N2O. The minimum Gasteiger partial charge on any atom is -0.358 e. The molecular weight excluding hydrogens is 320 g/mol. The Bertz CT molecular complexity index is 590. The Labute approximate surface area is 159 Å². The van der Waals surface area contributed by atoms with Gasteiger partial charge in [-0.15, -0.1) is 6.58 Å². The van der Waals surface area contributed by atoms with E-state index in [9.17, 15) is 4.79 Å². The van der Waals surface area contributed by atoms with Gasteiger partial charge >= 0.3 is 0 Å². The first-order chi connectivity index (χ1) is 12.6. The number of nitrogens with zero attached hydrogens (tertiary/aromatic N) is 1. The number of rotatable bonds is 10. The number of fused-ring (bicyclic) bond motifs is 1. The maximum Gasteiger partial charge on any atom is 0.237 e. The van der Waals surface area contributed by atoms with Crippen molar-refractivity contribution in [3.8, 4) is 0 Å². The second kappa shape index (κ2) is 10.5. The summed E-state index contributed by atoms with van der Waals surface area (Å²) in [5.41, 5.74) is 4.35. The van der Waals surface area contributed by atoms with E-state index in [4.69, 9.17) is 0 Å². The molecule has 0 aliphatic carbocycles. The summed E-state index contributed by atoms with van der Waals surface area (Å²) in [7, 11) is 1.74. The van der Waals surface area contributed by atoms with Crippen molar-refractivity contribution in [1.82, 2.24) is 10.2 Å². The first-order valence-corrected chi connectivity index (χ1v) is 10.3. The van der Waals surface area contributed by atoms with Gasteiger partial charge in [0, 0.05) is 20.1 Å². The molecule has 1 aliphatic heterocycles. The van der Waals surface area contributed by atoms with Gasteiger partial charge in [0.15, 0.2) is 0 Å². The number of hydrogen-bond donors (Lipinski definition) is 1. The number of nitrogens with one attached hydrogen (secondary N) is 1. The van der Waals surface area contributed by atoms with Crippen LogP contribution in [0, 0.1) is 0 Å². The molecule has 2 rings (SSSR count). The maximum absolute atomic E-state index is 12.4. The van der Waals surface area contributed by atoms with Crippen molar-refractivity contribution in [1.29, 1.82) is 0 Å². The predicted molar refractivity (Wildman–Crippen MR) is 110 cm³/mol. The van der Waals surface area contributed by atoms with Crippen LogP contribution in [0.2, 0.25) is 0 Å². The third kappa shape index (κ3) is 5.20.